The van der Waals surface area contributed by atoms with Crippen molar-refractivity contribution in [1.29, 1.82) is 0 Å². The molecule has 9 N–H and O–H groups in total. The van der Waals surface area contributed by atoms with Crippen molar-refractivity contribution in [2.45, 2.75) is 70.3 Å². The van der Waals surface area contributed by atoms with Crippen molar-refractivity contribution in [2.24, 2.45) is 17.4 Å². The van der Waals surface area contributed by atoms with Crippen molar-refractivity contribution in [3.63, 3.8) is 0 Å². The third-order valence-corrected chi connectivity index (χ3v) is 5.24. The van der Waals surface area contributed by atoms with Crippen LogP contribution in [0.1, 0.15) is 39.2 Å². The maximum Gasteiger partial charge on any atom is 0.326 e. The number of aliphatic hydroxyl groups is 1. The zero-order chi connectivity index (χ0) is 26.7. The van der Waals surface area contributed by atoms with Crippen molar-refractivity contribution in [3.8, 4) is 0 Å². The van der Waals surface area contributed by atoms with Crippen LogP contribution in [-0.2, 0) is 30.4 Å². The number of nitrogens with one attached hydrogen (secondary N) is 3. The molecule has 0 spiro atoms. The molecule has 194 valence electrons. The average molecular weight is 494 g/mol. The molecule has 5 atom stereocenters. The number of hydrogen-bond donors (Lipinski definition) is 7. The largest absolute Gasteiger partial charge is 0.480 e. The Balaban J connectivity index is 2.96. The van der Waals surface area contributed by atoms with Crippen LogP contribution in [0.15, 0.2) is 30.3 Å². The summed E-state index contributed by atoms with van der Waals surface area (Å²) < 4.78 is 0. The van der Waals surface area contributed by atoms with Gasteiger partial charge in [0.2, 0.25) is 23.6 Å². The summed E-state index contributed by atoms with van der Waals surface area (Å²) in [4.78, 5) is 60.8. The molecule has 12 nitrogen and oxygen atoms in total. The van der Waals surface area contributed by atoms with E-state index in [1.165, 1.54) is 6.92 Å². The van der Waals surface area contributed by atoms with Crippen molar-refractivity contribution >= 4 is 29.6 Å². The zero-order valence-corrected chi connectivity index (χ0v) is 20.1. The Bertz CT molecular complexity index is 892. The van der Waals surface area contributed by atoms with Gasteiger partial charge in [-0.2, -0.15) is 0 Å². The Kier molecular flexibility index (Phi) is 11.8. The van der Waals surface area contributed by atoms with E-state index in [2.05, 4.69) is 16.0 Å². The molecule has 1 rings (SSSR count). The SMILES string of the molecule is CC(C)C(NC(=O)C(NC(=O)C(CCC(N)=O)NC(=O)C(N)Cc1ccccc1)C(C)O)C(=O)O. The van der Waals surface area contributed by atoms with E-state index in [-0.39, 0.29) is 19.3 Å². The van der Waals surface area contributed by atoms with Crippen LogP contribution >= 0.6 is 0 Å². The number of rotatable bonds is 14. The van der Waals surface area contributed by atoms with Crippen molar-refractivity contribution < 1.29 is 34.2 Å². The Labute approximate surface area is 203 Å². The summed E-state index contributed by atoms with van der Waals surface area (Å²) in [5, 5.41) is 26.4. The van der Waals surface area contributed by atoms with Gasteiger partial charge in [0, 0.05) is 6.42 Å². The second kappa shape index (κ2) is 14.0. The lowest BCUT2D eigenvalue weighted by atomic mass is 10.0. The first kappa shape index (κ1) is 29.5. The summed E-state index contributed by atoms with van der Waals surface area (Å²) in [6.45, 7) is 4.41. The maximum absolute atomic E-state index is 12.9. The highest BCUT2D eigenvalue weighted by atomic mass is 16.4. The minimum Gasteiger partial charge on any atom is -0.480 e. The van der Waals surface area contributed by atoms with Crippen LogP contribution in [0.4, 0.5) is 0 Å². The van der Waals surface area contributed by atoms with E-state index in [9.17, 15) is 34.2 Å². The third kappa shape index (κ3) is 10.1. The molecule has 35 heavy (non-hydrogen) atoms. The highest BCUT2D eigenvalue weighted by Crippen LogP contribution is 2.07. The normalized spacial score (nSPS) is 15.3. The fourth-order valence-electron chi connectivity index (χ4n) is 3.21. The number of aliphatic carboxylic acids is 1. The zero-order valence-electron chi connectivity index (χ0n) is 20.1. The molecule has 0 saturated heterocycles. The molecular formula is C23H35N5O7. The predicted molar refractivity (Wildman–Crippen MR) is 126 cm³/mol. The number of carboxylic acid groups (broad SMARTS) is 1. The van der Waals surface area contributed by atoms with Crippen LogP contribution in [0.3, 0.4) is 0 Å². The molecule has 1 aromatic carbocycles. The third-order valence-electron chi connectivity index (χ3n) is 5.24. The van der Waals surface area contributed by atoms with E-state index in [0.717, 1.165) is 5.56 Å². The second-order valence-corrected chi connectivity index (χ2v) is 8.66. The van der Waals surface area contributed by atoms with Gasteiger partial charge in [-0.15, -0.1) is 0 Å². The maximum atomic E-state index is 12.9. The molecule has 0 aromatic heterocycles. The molecule has 0 radical (unpaired) electrons. The minimum atomic E-state index is -1.52. The summed E-state index contributed by atoms with van der Waals surface area (Å²) in [5.41, 5.74) is 11.9. The lowest BCUT2D eigenvalue weighted by molar-refractivity contribution is -0.144. The van der Waals surface area contributed by atoms with Crippen LogP contribution in [0.2, 0.25) is 0 Å². The molecule has 1 aromatic rings. The summed E-state index contributed by atoms with van der Waals surface area (Å²) in [6, 6.07) is 3.92. The lowest BCUT2D eigenvalue weighted by Crippen LogP contribution is -2.60. The molecule has 0 aliphatic rings. The van der Waals surface area contributed by atoms with Crippen LogP contribution in [-0.4, -0.2) is 70.1 Å². The number of carbonyl (C=O) groups is 5. The molecule has 0 aliphatic carbocycles. The molecule has 5 unspecified atom stereocenters. The highest BCUT2D eigenvalue weighted by molar-refractivity contribution is 5.94. The number of amides is 4. The van der Waals surface area contributed by atoms with Gasteiger partial charge in [-0.25, -0.2) is 4.79 Å². The van der Waals surface area contributed by atoms with E-state index < -0.39 is 65.8 Å². The molecule has 0 bridgehead atoms. The van der Waals surface area contributed by atoms with Gasteiger partial charge in [-0.05, 0) is 31.2 Å². The second-order valence-electron chi connectivity index (χ2n) is 8.66. The summed E-state index contributed by atoms with van der Waals surface area (Å²) in [7, 11) is 0. The van der Waals surface area contributed by atoms with E-state index in [4.69, 9.17) is 11.5 Å². The van der Waals surface area contributed by atoms with Gasteiger partial charge >= 0.3 is 5.97 Å². The lowest BCUT2D eigenvalue weighted by Gasteiger charge is -2.27. The van der Waals surface area contributed by atoms with Gasteiger partial charge in [0.1, 0.15) is 18.1 Å². The van der Waals surface area contributed by atoms with Crippen molar-refractivity contribution in [2.75, 3.05) is 0 Å². The monoisotopic (exact) mass is 493 g/mol. The molecule has 4 amide bonds. The standard InChI is InChI=1S/C23H35N5O7/c1-12(2)18(23(34)35)27-22(33)19(13(3)29)28-21(32)16(9-10-17(25)30)26-20(31)15(24)11-14-7-5-4-6-8-14/h4-8,12-13,15-16,18-19,29H,9-11,24H2,1-3H3,(H2,25,30)(H,26,31)(H,27,33)(H,28,32)(H,34,35). The Morgan fingerprint density at radius 2 is 1.46 bits per heavy atom. The number of benzene rings is 1. The van der Waals surface area contributed by atoms with Crippen LogP contribution in [0.5, 0.6) is 0 Å². The van der Waals surface area contributed by atoms with Gasteiger partial charge in [0.15, 0.2) is 0 Å². The van der Waals surface area contributed by atoms with Gasteiger partial charge in [0.25, 0.3) is 0 Å². The number of aliphatic hydroxyl groups excluding tert-OH is 1. The molecule has 0 saturated carbocycles. The average Bonchev–Trinajstić information content (AvgIpc) is 2.77. The van der Waals surface area contributed by atoms with E-state index in [0.29, 0.717) is 0 Å². The van der Waals surface area contributed by atoms with Crippen LogP contribution in [0.25, 0.3) is 0 Å². The smallest absolute Gasteiger partial charge is 0.326 e. The van der Waals surface area contributed by atoms with Crippen molar-refractivity contribution in [1.82, 2.24) is 16.0 Å². The van der Waals surface area contributed by atoms with Crippen molar-refractivity contribution in [3.05, 3.63) is 35.9 Å². The summed E-state index contributed by atoms with van der Waals surface area (Å²) >= 11 is 0. The first-order valence-electron chi connectivity index (χ1n) is 11.2. The van der Waals surface area contributed by atoms with E-state index >= 15 is 0 Å². The predicted octanol–water partition coefficient (Wildman–Crippen LogP) is -1.60. The molecule has 12 heteroatoms. The fourth-order valence-corrected chi connectivity index (χ4v) is 3.21. The number of primary amides is 1. The topological polar surface area (TPSA) is 214 Å². The highest BCUT2D eigenvalue weighted by Gasteiger charge is 2.33. The van der Waals surface area contributed by atoms with Crippen LogP contribution in [0, 0.1) is 5.92 Å². The number of carboxylic acids is 1. The minimum absolute atomic E-state index is 0.178. The Morgan fingerprint density at radius 3 is 1.94 bits per heavy atom. The first-order chi connectivity index (χ1) is 16.3. The quantitative estimate of drug-likeness (QED) is 0.160. The van der Waals surface area contributed by atoms with Gasteiger partial charge in [-0.3, -0.25) is 19.2 Å². The fraction of sp³-hybridized carbons (Fsp3) is 0.522. The molecule has 0 heterocycles. The summed E-state index contributed by atoms with van der Waals surface area (Å²) in [5.74, 6) is -4.91. The first-order valence-corrected chi connectivity index (χ1v) is 11.2. The molecular weight excluding hydrogens is 458 g/mol. The molecule has 0 aliphatic heterocycles. The number of hydrogen-bond acceptors (Lipinski definition) is 7. The Morgan fingerprint density at radius 1 is 0.886 bits per heavy atom. The number of carbonyl (C=O) groups excluding carboxylic acids is 4. The van der Waals surface area contributed by atoms with E-state index in [1.807, 2.05) is 6.07 Å². The Hall–Kier alpha value is -3.51. The molecule has 0 fully saturated rings. The van der Waals surface area contributed by atoms with Gasteiger partial charge < -0.3 is 37.6 Å². The van der Waals surface area contributed by atoms with E-state index in [1.54, 1.807) is 38.1 Å². The number of nitrogens with two attached hydrogens (primary N) is 2. The summed E-state index contributed by atoms with van der Waals surface area (Å²) in [6.07, 6.45) is -1.62. The van der Waals surface area contributed by atoms with Gasteiger partial charge in [0.05, 0.1) is 12.1 Å². The van der Waals surface area contributed by atoms with Gasteiger partial charge in [-0.1, -0.05) is 44.2 Å². The van der Waals surface area contributed by atoms with Crippen LogP contribution < -0.4 is 27.4 Å².